The van der Waals surface area contributed by atoms with E-state index in [0.29, 0.717) is 24.1 Å². The van der Waals surface area contributed by atoms with E-state index >= 15 is 0 Å². The molecule has 0 spiro atoms. The first-order valence-corrected chi connectivity index (χ1v) is 12.5. The van der Waals surface area contributed by atoms with Gasteiger partial charge in [0.1, 0.15) is 17.3 Å². The van der Waals surface area contributed by atoms with Crippen molar-refractivity contribution in [1.29, 1.82) is 0 Å². The number of phenols is 1. The van der Waals surface area contributed by atoms with Crippen LogP contribution in [0.15, 0.2) is 59.3 Å². The van der Waals surface area contributed by atoms with Crippen LogP contribution in [0.4, 0.5) is 4.39 Å². The third kappa shape index (κ3) is 5.59. The van der Waals surface area contributed by atoms with Gasteiger partial charge in [-0.15, -0.1) is 0 Å². The van der Waals surface area contributed by atoms with E-state index < -0.39 is 0 Å². The van der Waals surface area contributed by atoms with Gasteiger partial charge in [0.15, 0.2) is 0 Å². The minimum Gasteiger partial charge on any atom is -0.508 e. The molecule has 1 aromatic heterocycles. The van der Waals surface area contributed by atoms with Gasteiger partial charge in [-0.05, 0) is 79.5 Å². The molecule has 1 aliphatic rings. The van der Waals surface area contributed by atoms with Gasteiger partial charge in [-0.3, -0.25) is 9.69 Å². The summed E-state index contributed by atoms with van der Waals surface area (Å²) < 4.78 is 19.8. The molecule has 0 unspecified atom stereocenters. The molecule has 4 rings (SSSR count). The number of ether oxygens (including phenoxy) is 1. The number of carbonyl (C=O) groups excluding carboxylic acids is 1. The Hall–Kier alpha value is -2.90. The van der Waals surface area contributed by atoms with Gasteiger partial charge < -0.3 is 14.7 Å². The van der Waals surface area contributed by atoms with Crippen molar-refractivity contribution in [1.82, 2.24) is 9.80 Å². The number of halogens is 1. The molecule has 1 aliphatic heterocycles. The number of thiophene rings is 1. The predicted octanol–water partition coefficient (Wildman–Crippen LogP) is 5.20. The summed E-state index contributed by atoms with van der Waals surface area (Å²) in [5.41, 5.74) is 2.16. The molecular weight excluding hydrogens is 451 g/mol. The van der Waals surface area contributed by atoms with Crippen molar-refractivity contribution in [3.8, 4) is 11.5 Å². The second kappa shape index (κ2) is 11.0. The van der Waals surface area contributed by atoms with Crippen LogP contribution in [-0.2, 0) is 13.0 Å². The van der Waals surface area contributed by atoms with E-state index in [2.05, 4.69) is 4.90 Å². The maximum Gasteiger partial charge on any atom is 0.254 e. The minimum absolute atomic E-state index is 0.0219. The molecule has 0 saturated carbocycles. The third-order valence-electron chi connectivity index (χ3n) is 6.83. The van der Waals surface area contributed by atoms with Crippen molar-refractivity contribution in [3.63, 3.8) is 0 Å². The summed E-state index contributed by atoms with van der Waals surface area (Å²) in [4.78, 5) is 17.3. The lowest BCUT2D eigenvalue weighted by Crippen LogP contribution is -2.47. The van der Waals surface area contributed by atoms with Gasteiger partial charge in [0.25, 0.3) is 5.91 Å². The van der Waals surface area contributed by atoms with Crippen molar-refractivity contribution >= 4 is 17.2 Å². The van der Waals surface area contributed by atoms with Crippen LogP contribution in [0.2, 0.25) is 0 Å². The molecule has 1 atom stereocenters. The molecule has 1 amide bonds. The molecular formula is C27H31FN2O3S. The lowest BCUT2D eigenvalue weighted by atomic mass is 9.84. The van der Waals surface area contributed by atoms with Crippen molar-refractivity contribution < 1.29 is 19.0 Å². The Balaban J connectivity index is 1.47. The Morgan fingerprint density at radius 1 is 1.21 bits per heavy atom. The van der Waals surface area contributed by atoms with Gasteiger partial charge in [-0.25, -0.2) is 4.39 Å². The molecule has 0 radical (unpaired) electrons. The number of phenolic OH excluding ortho intramolecular Hbond substituents is 1. The zero-order valence-corrected chi connectivity index (χ0v) is 20.4. The number of aromatic hydroxyl groups is 1. The monoisotopic (exact) mass is 482 g/mol. The van der Waals surface area contributed by atoms with Crippen LogP contribution in [0, 0.1) is 11.7 Å². The lowest BCUT2D eigenvalue weighted by molar-refractivity contribution is 0.0583. The molecule has 7 heteroatoms. The Bertz CT molecular complexity index is 1100. The van der Waals surface area contributed by atoms with E-state index in [-0.39, 0.29) is 29.4 Å². The molecule has 2 aromatic carbocycles. The van der Waals surface area contributed by atoms with Crippen LogP contribution < -0.4 is 4.74 Å². The second-order valence-electron chi connectivity index (χ2n) is 8.90. The maximum absolute atomic E-state index is 14.5. The average Bonchev–Trinajstić information content (AvgIpc) is 3.40. The number of benzene rings is 2. The first kappa shape index (κ1) is 24.2. The number of carbonyl (C=O) groups is 1. The highest BCUT2D eigenvalue weighted by Gasteiger charge is 2.32. The molecule has 0 bridgehead atoms. The average molecular weight is 483 g/mol. The molecule has 5 nitrogen and oxygen atoms in total. The zero-order valence-electron chi connectivity index (χ0n) is 19.6. The van der Waals surface area contributed by atoms with Gasteiger partial charge in [0, 0.05) is 30.6 Å². The minimum atomic E-state index is -0.227. The van der Waals surface area contributed by atoms with E-state index in [4.69, 9.17) is 4.74 Å². The van der Waals surface area contributed by atoms with Gasteiger partial charge in [0.05, 0.1) is 12.7 Å². The zero-order chi connectivity index (χ0) is 24.1. The van der Waals surface area contributed by atoms with Gasteiger partial charge in [-0.2, -0.15) is 11.3 Å². The molecule has 2 heterocycles. The standard InChI is InChI=1S/C27H31FN2O3S/c1-29(27(32)21-11-14-34-18-21)25(16-20-5-3-4-6-24(20)28)19-9-12-30(13-10-19)17-22-15-23(33-2)7-8-26(22)31/h3-8,11,14-15,18-19,25,31H,9-10,12-13,16-17H2,1-2H3/t25-/m1/s1. The van der Waals surface area contributed by atoms with Crippen LogP contribution in [0.5, 0.6) is 11.5 Å². The SMILES string of the molecule is COc1ccc(O)c(CN2CCC([C@@H](Cc3ccccc3F)N(C)C(=O)c3ccsc3)CC2)c1. The quantitative estimate of drug-likeness (QED) is 0.480. The van der Waals surface area contributed by atoms with E-state index in [0.717, 1.165) is 37.2 Å². The molecule has 180 valence electrons. The number of likely N-dealkylation sites (tertiary alicyclic amines) is 1. The summed E-state index contributed by atoms with van der Waals surface area (Å²) in [6, 6.07) is 13.9. The Kier molecular flexibility index (Phi) is 7.85. The largest absolute Gasteiger partial charge is 0.508 e. The molecule has 1 fully saturated rings. The van der Waals surface area contributed by atoms with Crippen molar-refractivity contribution in [3.05, 3.63) is 81.8 Å². The highest BCUT2D eigenvalue weighted by molar-refractivity contribution is 7.08. The first-order chi connectivity index (χ1) is 16.5. The Labute approximate surface area is 204 Å². The predicted molar refractivity (Wildman–Crippen MR) is 133 cm³/mol. The van der Waals surface area contributed by atoms with Crippen LogP contribution in [-0.4, -0.2) is 54.1 Å². The fraction of sp³-hybridized carbons (Fsp3) is 0.370. The number of hydrogen-bond donors (Lipinski definition) is 1. The maximum atomic E-state index is 14.5. The molecule has 34 heavy (non-hydrogen) atoms. The van der Waals surface area contributed by atoms with Gasteiger partial charge >= 0.3 is 0 Å². The summed E-state index contributed by atoms with van der Waals surface area (Å²) in [6.07, 6.45) is 2.27. The van der Waals surface area contributed by atoms with Gasteiger partial charge in [0.2, 0.25) is 0 Å². The molecule has 3 aromatic rings. The molecule has 1 N–H and O–H groups in total. The van der Waals surface area contributed by atoms with Crippen LogP contribution in [0.25, 0.3) is 0 Å². The van der Waals surface area contributed by atoms with E-state index in [1.54, 1.807) is 25.3 Å². The van der Waals surface area contributed by atoms with Crippen LogP contribution >= 0.6 is 11.3 Å². The van der Waals surface area contributed by atoms with Crippen LogP contribution in [0.3, 0.4) is 0 Å². The summed E-state index contributed by atoms with van der Waals surface area (Å²) in [5, 5.41) is 14.0. The van der Waals surface area contributed by atoms with E-state index in [1.807, 2.05) is 47.0 Å². The fourth-order valence-corrected chi connectivity index (χ4v) is 5.43. The highest BCUT2D eigenvalue weighted by atomic mass is 32.1. The molecule has 1 saturated heterocycles. The third-order valence-corrected chi connectivity index (χ3v) is 7.51. The number of piperidine rings is 1. The van der Waals surface area contributed by atoms with Crippen molar-refractivity contribution in [2.24, 2.45) is 5.92 Å². The van der Waals surface area contributed by atoms with Crippen molar-refractivity contribution in [2.75, 3.05) is 27.2 Å². The topological polar surface area (TPSA) is 53.0 Å². The Morgan fingerprint density at radius 3 is 2.65 bits per heavy atom. The normalized spacial score (nSPS) is 15.7. The fourth-order valence-electron chi connectivity index (χ4n) is 4.80. The lowest BCUT2D eigenvalue weighted by Gasteiger charge is -2.40. The number of rotatable bonds is 8. The van der Waals surface area contributed by atoms with Crippen LogP contribution in [0.1, 0.15) is 34.3 Å². The summed E-state index contributed by atoms with van der Waals surface area (Å²) in [7, 11) is 3.46. The second-order valence-corrected chi connectivity index (χ2v) is 9.68. The van der Waals surface area contributed by atoms with Gasteiger partial charge in [-0.1, -0.05) is 18.2 Å². The summed E-state index contributed by atoms with van der Waals surface area (Å²) in [5.74, 6) is 0.992. The number of likely N-dealkylation sites (N-methyl/N-ethyl adjacent to an activating group) is 1. The van der Waals surface area contributed by atoms with Crippen molar-refractivity contribution in [2.45, 2.75) is 31.8 Å². The van der Waals surface area contributed by atoms with E-state index in [1.165, 1.54) is 17.4 Å². The van der Waals surface area contributed by atoms with E-state index in [9.17, 15) is 14.3 Å². The highest BCUT2D eigenvalue weighted by Crippen LogP contribution is 2.30. The number of hydrogen-bond acceptors (Lipinski definition) is 5. The smallest absolute Gasteiger partial charge is 0.254 e. The molecule has 0 aliphatic carbocycles. The first-order valence-electron chi connectivity index (χ1n) is 11.6. The Morgan fingerprint density at radius 2 is 1.97 bits per heavy atom. The summed E-state index contributed by atoms with van der Waals surface area (Å²) in [6.45, 7) is 2.32. The number of amides is 1. The number of nitrogens with zero attached hydrogens (tertiary/aromatic N) is 2. The number of methoxy groups -OCH3 is 1. The summed E-state index contributed by atoms with van der Waals surface area (Å²) >= 11 is 1.50.